The number of alkyl halides is 3. The predicted molar refractivity (Wildman–Crippen MR) is 109 cm³/mol. The van der Waals surface area contributed by atoms with Crippen molar-refractivity contribution in [3.05, 3.63) is 59.0 Å². The second-order valence-electron chi connectivity index (χ2n) is 8.32. The Hall–Kier alpha value is -2.78. The third-order valence-electron chi connectivity index (χ3n) is 6.18. The number of rotatable bonds is 3. The Labute approximate surface area is 182 Å². The molecule has 9 heteroatoms. The largest absolute Gasteiger partial charge is 0.460 e. The molecule has 0 N–H and O–H groups in total. The molecule has 1 spiro atoms. The average Bonchev–Trinajstić information content (AvgIpc) is 3.44. The molecular formula is C23H23F3N2O4. The molecule has 2 aromatic heterocycles. The number of ether oxygens (including phenoxy) is 2. The van der Waals surface area contributed by atoms with Crippen LogP contribution < -0.4 is 0 Å². The molecule has 32 heavy (non-hydrogen) atoms. The maximum Gasteiger partial charge on any atom is 0.416 e. The number of hydrogen-bond donors (Lipinski definition) is 0. The molecule has 3 aromatic rings. The van der Waals surface area contributed by atoms with Gasteiger partial charge in [-0.3, -0.25) is 4.79 Å². The number of carbonyl (C=O) groups is 1. The number of amides is 1. The van der Waals surface area contributed by atoms with E-state index in [0.717, 1.165) is 17.6 Å². The summed E-state index contributed by atoms with van der Waals surface area (Å²) >= 11 is 0. The van der Waals surface area contributed by atoms with Crippen LogP contribution >= 0.6 is 0 Å². The molecule has 5 rings (SSSR count). The monoisotopic (exact) mass is 448 g/mol. The first-order chi connectivity index (χ1) is 15.2. The molecule has 0 saturated carbocycles. The number of aryl methyl sites for hydroxylation is 1. The highest BCUT2D eigenvalue weighted by Crippen LogP contribution is 2.33. The summed E-state index contributed by atoms with van der Waals surface area (Å²) in [6.45, 7) is 4.22. The Balaban J connectivity index is 1.42. The van der Waals surface area contributed by atoms with Crippen molar-refractivity contribution in [2.24, 2.45) is 0 Å². The summed E-state index contributed by atoms with van der Waals surface area (Å²) < 4.78 is 57.7. The van der Waals surface area contributed by atoms with Crippen LogP contribution in [0.2, 0.25) is 0 Å². The van der Waals surface area contributed by atoms with Crippen LogP contribution in [-0.2, 0) is 22.2 Å². The fourth-order valence-corrected chi connectivity index (χ4v) is 4.49. The van der Waals surface area contributed by atoms with Crippen LogP contribution in [0, 0.1) is 6.92 Å². The number of likely N-dealkylation sites (tertiary alicyclic amines) is 1. The Morgan fingerprint density at radius 3 is 2.34 bits per heavy atom. The summed E-state index contributed by atoms with van der Waals surface area (Å²) in [5.41, 5.74) is 1.72. The molecule has 0 unspecified atom stereocenters. The van der Waals surface area contributed by atoms with Gasteiger partial charge in [-0.05, 0) is 24.6 Å². The quantitative estimate of drug-likeness (QED) is 0.588. The Morgan fingerprint density at radius 1 is 1.06 bits per heavy atom. The zero-order valence-electron chi connectivity index (χ0n) is 17.6. The van der Waals surface area contributed by atoms with E-state index in [2.05, 4.69) is 0 Å². The molecule has 1 aromatic carbocycles. The van der Waals surface area contributed by atoms with Crippen molar-refractivity contribution in [1.82, 2.24) is 9.47 Å². The van der Waals surface area contributed by atoms with E-state index in [4.69, 9.17) is 13.9 Å². The maximum atomic E-state index is 13.4. The number of halogens is 3. The van der Waals surface area contributed by atoms with E-state index in [9.17, 15) is 18.0 Å². The third kappa shape index (κ3) is 3.80. The van der Waals surface area contributed by atoms with Gasteiger partial charge in [0.05, 0.1) is 24.3 Å². The number of hydrogen-bond acceptors (Lipinski definition) is 4. The molecule has 2 aliphatic rings. The number of fused-ring (bicyclic) bond motifs is 1. The maximum absolute atomic E-state index is 13.4. The van der Waals surface area contributed by atoms with Gasteiger partial charge in [-0.25, -0.2) is 0 Å². The van der Waals surface area contributed by atoms with E-state index in [1.165, 1.54) is 12.1 Å². The lowest BCUT2D eigenvalue weighted by Crippen LogP contribution is -2.47. The van der Waals surface area contributed by atoms with Crippen molar-refractivity contribution < 1.29 is 31.9 Å². The SMILES string of the molecule is Cc1cc2c(cc(C(=O)N3CCC4(CC3)OCCO4)n2Cc2ccc(C(F)(F)F)cc2)o1. The predicted octanol–water partition coefficient (Wildman–Crippen LogP) is 4.59. The van der Waals surface area contributed by atoms with Crippen LogP contribution in [0.5, 0.6) is 0 Å². The highest BCUT2D eigenvalue weighted by Gasteiger charge is 2.41. The lowest BCUT2D eigenvalue weighted by Gasteiger charge is -2.37. The molecule has 0 atom stereocenters. The highest BCUT2D eigenvalue weighted by molar-refractivity contribution is 5.97. The number of nitrogens with zero attached hydrogens (tertiary/aromatic N) is 2. The summed E-state index contributed by atoms with van der Waals surface area (Å²) in [4.78, 5) is 15.1. The zero-order valence-corrected chi connectivity index (χ0v) is 17.6. The smallest absolute Gasteiger partial charge is 0.416 e. The lowest BCUT2D eigenvalue weighted by molar-refractivity contribution is -0.181. The first-order valence-electron chi connectivity index (χ1n) is 10.6. The molecule has 2 saturated heterocycles. The van der Waals surface area contributed by atoms with Gasteiger partial charge in [-0.2, -0.15) is 13.2 Å². The highest BCUT2D eigenvalue weighted by atomic mass is 19.4. The van der Waals surface area contributed by atoms with Crippen molar-refractivity contribution in [1.29, 1.82) is 0 Å². The van der Waals surface area contributed by atoms with E-state index >= 15 is 0 Å². The van der Waals surface area contributed by atoms with Gasteiger partial charge >= 0.3 is 6.18 Å². The summed E-state index contributed by atoms with van der Waals surface area (Å²) in [5, 5.41) is 0. The molecule has 0 aliphatic carbocycles. The summed E-state index contributed by atoms with van der Waals surface area (Å²) in [5.74, 6) is -0.0246. The van der Waals surface area contributed by atoms with Crippen LogP contribution in [0.3, 0.4) is 0 Å². The zero-order chi connectivity index (χ0) is 22.5. The van der Waals surface area contributed by atoms with Gasteiger partial charge in [-0.15, -0.1) is 0 Å². The minimum absolute atomic E-state index is 0.145. The Bertz CT molecular complexity index is 1130. The molecule has 0 radical (unpaired) electrons. The third-order valence-corrected chi connectivity index (χ3v) is 6.18. The second-order valence-corrected chi connectivity index (χ2v) is 8.32. The number of aromatic nitrogens is 1. The topological polar surface area (TPSA) is 56.8 Å². The van der Waals surface area contributed by atoms with Crippen molar-refractivity contribution >= 4 is 17.0 Å². The van der Waals surface area contributed by atoms with Gasteiger partial charge in [0.25, 0.3) is 5.91 Å². The van der Waals surface area contributed by atoms with E-state index in [0.29, 0.717) is 61.7 Å². The lowest BCUT2D eigenvalue weighted by atomic mass is 10.0. The number of piperidine rings is 1. The van der Waals surface area contributed by atoms with Crippen molar-refractivity contribution in [3.63, 3.8) is 0 Å². The summed E-state index contributed by atoms with van der Waals surface area (Å²) in [7, 11) is 0. The standard InChI is InChI=1S/C23H23F3N2O4/c1-15-12-18-20(32-15)13-19(21(29)27-8-6-22(7-9-27)30-10-11-31-22)28(18)14-16-2-4-17(5-3-16)23(24,25)26/h2-5,12-13H,6-11,14H2,1H3. The summed E-state index contributed by atoms with van der Waals surface area (Å²) in [6, 6.07) is 8.54. The molecule has 170 valence electrons. The van der Waals surface area contributed by atoms with Gasteiger partial charge in [0.2, 0.25) is 0 Å². The van der Waals surface area contributed by atoms with Crippen molar-refractivity contribution in [3.8, 4) is 0 Å². The molecule has 2 aliphatic heterocycles. The number of furan rings is 1. The summed E-state index contributed by atoms with van der Waals surface area (Å²) in [6.07, 6.45) is -3.18. The Kier molecular flexibility index (Phi) is 5.05. The first-order valence-corrected chi connectivity index (χ1v) is 10.6. The van der Waals surface area contributed by atoms with Crippen molar-refractivity contribution in [2.75, 3.05) is 26.3 Å². The molecule has 0 bridgehead atoms. The van der Waals surface area contributed by atoms with E-state index in [1.807, 2.05) is 17.6 Å². The van der Waals surface area contributed by atoms with E-state index in [1.54, 1.807) is 11.0 Å². The second kappa shape index (κ2) is 7.67. The van der Waals surface area contributed by atoms with Crippen LogP contribution in [0.15, 0.2) is 40.8 Å². The van der Waals surface area contributed by atoms with E-state index in [-0.39, 0.29) is 12.5 Å². The van der Waals surface area contributed by atoms with Gasteiger partial charge < -0.3 is 23.4 Å². The van der Waals surface area contributed by atoms with Gasteiger partial charge in [-0.1, -0.05) is 12.1 Å². The average molecular weight is 448 g/mol. The molecular weight excluding hydrogens is 425 g/mol. The van der Waals surface area contributed by atoms with Gasteiger partial charge in [0.15, 0.2) is 11.4 Å². The number of benzene rings is 1. The first kappa shape index (κ1) is 21.1. The minimum Gasteiger partial charge on any atom is -0.460 e. The fourth-order valence-electron chi connectivity index (χ4n) is 4.49. The van der Waals surface area contributed by atoms with Crippen LogP contribution in [0.25, 0.3) is 11.1 Å². The minimum atomic E-state index is -4.39. The van der Waals surface area contributed by atoms with Crippen LogP contribution in [0.1, 0.15) is 40.2 Å². The normalized spacial score (nSPS) is 18.7. The van der Waals surface area contributed by atoms with Gasteiger partial charge in [0, 0.05) is 44.6 Å². The molecule has 4 heterocycles. The van der Waals surface area contributed by atoms with E-state index < -0.39 is 17.5 Å². The van der Waals surface area contributed by atoms with Crippen LogP contribution in [0.4, 0.5) is 13.2 Å². The molecule has 6 nitrogen and oxygen atoms in total. The fraction of sp³-hybridized carbons (Fsp3) is 0.435. The number of carbonyl (C=O) groups excluding carboxylic acids is 1. The van der Waals surface area contributed by atoms with Gasteiger partial charge in [0.1, 0.15) is 11.5 Å². The molecule has 1 amide bonds. The Morgan fingerprint density at radius 2 is 1.72 bits per heavy atom. The van der Waals surface area contributed by atoms with Crippen LogP contribution in [-0.4, -0.2) is 47.5 Å². The molecule has 2 fully saturated rings. The van der Waals surface area contributed by atoms with Crippen molar-refractivity contribution in [2.45, 2.75) is 38.3 Å².